The summed E-state index contributed by atoms with van der Waals surface area (Å²) in [6.45, 7) is 8.60. The zero-order valence-electron chi connectivity index (χ0n) is 17.2. The lowest BCUT2D eigenvalue weighted by Gasteiger charge is -2.19. The smallest absolute Gasteiger partial charge is 0.270 e. The SMILES string of the molecule is CCC(NC(=O)c1ccc2cc(C(C)(C)C)ccc2n1)c1ccc2n[nH]nc2c1. The number of rotatable bonds is 4. The van der Waals surface area contributed by atoms with E-state index in [0.29, 0.717) is 5.69 Å². The molecule has 6 nitrogen and oxygen atoms in total. The summed E-state index contributed by atoms with van der Waals surface area (Å²) < 4.78 is 0. The Bertz CT molecular complexity index is 1190. The number of hydrogen-bond acceptors (Lipinski definition) is 4. The van der Waals surface area contributed by atoms with E-state index >= 15 is 0 Å². The summed E-state index contributed by atoms with van der Waals surface area (Å²) in [6.07, 6.45) is 0.762. The molecule has 1 atom stereocenters. The van der Waals surface area contributed by atoms with Crippen molar-refractivity contribution >= 4 is 27.8 Å². The molecule has 0 saturated carbocycles. The van der Waals surface area contributed by atoms with Crippen LogP contribution in [-0.2, 0) is 5.41 Å². The summed E-state index contributed by atoms with van der Waals surface area (Å²) in [5, 5.41) is 15.0. The number of carbonyl (C=O) groups is 1. The summed E-state index contributed by atoms with van der Waals surface area (Å²) in [5.74, 6) is -0.182. The van der Waals surface area contributed by atoms with Crippen LogP contribution in [0.25, 0.3) is 21.9 Å². The van der Waals surface area contributed by atoms with Crippen molar-refractivity contribution in [3.8, 4) is 0 Å². The number of aromatic nitrogens is 4. The Morgan fingerprint density at radius 1 is 1.00 bits per heavy atom. The van der Waals surface area contributed by atoms with Crippen LogP contribution in [0.1, 0.15) is 61.8 Å². The lowest BCUT2D eigenvalue weighted by atomic mass is 9.86. The maximum absolute atomic E-state index is 12.9. The summed E-state index contributed by atoms with van der Waals surface area (Å²) in [7, 11) is 0. The topological polar surface area (TPSA) is 83.6 Å². The van der Waals surface area contributed by atoms with Gasteiger partial charge in [0.15, 0.2) is 0 Å². The molecule has 2 N–H and O–H groups in total. The minimum Gasteiger partial charge on any atom is -0.344 e. The van der Waals surface area contributed by atoms with Crippen LogP contribution in [0.3, 0.4) is 0 Å². The minimum atomic E-state index is -0.182. The average Bonchev–Trinajstić information content (AvgIpc) is 3.18. The van der Waals surface area contributed by atoms with Crippen molar-refractivity contribution in [3.05, 3.63) is 65.4 Å². The molecular formula is C23H25N5O. The molecule has 0 bridgehead atoms. The van der Waals surface area contributed by atoms with Gasteiger partial charge < -0.3 is 5.32 Å². The molecule has 0 saturated heterocycles. The molecule has 0 spiro atoms. The third kappa shape index (κ3) is 3.83. The highest BCUT2D eigenvalue weighted by Gasteiger charge is 2.18. The zero-order valence-corrected chi connectivity index (χ0v) is 17.2. The molecule has 0 fully saturated rings. The maximum Gasteiger partial charge on any atom is 0.270 e. The van der Waals surface area contributed by atoms with Gasteiger partial charge in [0.2, 0.25) is 0 Å². The lowest BCUT2D eigenvalue weighted by Crippen LogP contribution is -2.28. The molecular weight excluding hydrogens is 362 g/mol. The number of amides is 1. The van der Waals surface area contributed by atoms with E-state index in [2.05, 4.69) is 58.6 Å². The van der Waals surface area contributed by atoms with Crippen LogP contribution < -0.4 is 5.32 Å². The highest BCUT2D eigenvalue weighted by Crippen LogP contribution is 2.26. The van der Waals surface area contributed by atoms with E-state index in [4.69, 9.17) is 0 Å². The molecule has 0 radical (unpaired) electrons. The normalized spacial score (nSPS) is 13.0. The number of aromatic amines is 1. The van der Waals surface area contributed by atoms with Gasteiger partial charge in [0.25, 0.3) is 5.91 Å². The Labute approximate surface area is 169 Å². The molecule has 2 aromatic heterocycles. The molecule has 4 aromatic rings. The van der Waals surface area contributed by atoms with Crippen molar-refractivity contribution in [3.63, 3.8) is 0 Å². The Hall–Kier alpha value is -3.28. The third-order valence-electron chi connectivity index (χ3n) is 5.24. The fourth-order valence-electron chi connectivity index (χ4n) is 3.45. The van der Waals surface area contributed by atoms with Gasteiger partial charge >= 0.3 is 0 Å². The van der Waals surface area contributed by atoms with Gasteiger partial charge in [-0.25, -0.2) is 4.98 Å². The predicted octanol–water partition coefficient (Wildman–Crippen LogP) is 4.68. The standard InChI is InChI=1S/C23H25N5O/c1-5-17(15-6-9-19-21(13-15)27-28-26-19)25-22(29)20-10-7-14-12-16(23(2,3)4)8-11-18(14)24-20/h6-13,17H,5H2,1-4H3,(H,25,29)(H,26,27,28). The first-order valence-corrected chi connectivity index (χ1v) is 9.88. The summed E-state index contributed by atoms with van der Waals surface area (Å²) in [5.41, 5.74) is 5.15. The van der Waals surface area contributed by atoms with Gasteiger partial charge in [0.1, 0.15) is 16.7 Å². The van der Waals surface area contributed by atoms with Crippen LogP contribution in [0.5, 0.6) is 0 Å². The van der Waals surface area contributed by atoms with Crippen LogP contribution in [-0.4, -0.2) is 26.3 Å². The van der Waals surface area contributed by atoms with Gasteiger partial charge in [0.05, 0.1) is 11.6 Å². The molecule has 4 rings (SSSR count). The van der Waals surface area contributed by atoms with Crippen LogP contribution >= 0.6 is 0 Å². The van der Waals surface area contributed by atoms with Crippen LogP contribution in [0.2, 0.25) is 0 Å². The van der Waals surface area contributed by atoms with Crippen LogP contribution in [0.4, 0.5) is 0 Å². The Balaban J connectivity index is 1.58. The molecule has 2 aromatic carbocycles. The number of nitrogens with zero attached hydrogens (tertiary/aromatic N) is 3. The van der Waals surface area contributed by atoms with E-state index < -0.39 is 0 Å². The number of pyridine rings is 1. The molecule has 29 heavy (non-hydrogen) atoms. The lowest BCUT2D eigenvalue weighted by molar-refractivity contribution is 0.0931. The largest absolute Gasteiger partial charge is 0.344 e. The molecule has 0 aliphatic rings. The molecule has 6 heteroatoms. The van der Waals surface area contributed by atoms with Crippen molar-refractivity contribution in [2.24, 2.45) is 0 Å². The first kappa shape index (κ1) is 19.1. The number of fused-ring (bicyclic) bond motifs is 2. The van der Waals surface area contributed by atoms with Gasteiger partial charge in [-0.3, -0.25) is 4.79 Å². The van der Waals surface area contributed by atoms with Crippen molar-refractivity contribution < 1.29 is 4.79 Å². The van der Waals surface area contributed by atoms with Gasteiger partial charge in [-0.1, -0.05) is 45.9 Å². The zero-order chi connectivity index (χ0) is 20.6. The molecule has 2 heterocycles. The second kappa shape index (κ2) is 7.28. The van der Waals surface area contributed by atoms with Crippen molar-refractivity contribution in [1.82, 2.24) is 25.7 Å². The molecule has 1 amide bonds. The summed E-state index contributed by atoms with van der Waals surface area (Å²) >= 11 is 0. The first-order chi connectivity index (χ1) is 13.8. The second-order valence-electron chi connectivity index (χ2n) is 8.36. The van der Waals surface area contributed by atoms with Crippen molar-refractivity contribution in [1.29, 1.82) is 0 Å². The summed E-state index contributed by atoms with van der Waals surface area (Å²) in [4.78, 5) is 17.4. The predicted molar refractivity (Wildman–Crippen MR) is 115 cm³/mol. The Morgan fingerprint density at radius 3 is 2.52 bits per heavy atom. The van der Waals surface area contributed by atoms with E-state index in [1.54, 1.807) is 6.07 Å². The van der Waals surface area contributed by atoms with E-state index in [-0.39, 0.29) is 17.4 Å². The minimum absolute atomic E-state index is 0.0729. The van der Waals surface area contributed by atoms with Crippen LogP contribution in [0, 0.1) is 0 Å². The number of carbonyl (C=O) groups excluding carboxylic acids is 1. The van der Waals surface area contributed by atoms with Gasteiger partial charge in [-0.05, 0) is 53.3 Å². The molecule has 1 unspecified atom stereocenters. The Kier molecular flexibility index (Phi) is 4.78. The average molecular weight is 387 g/mol. The molecule has 148 valence electrons. The monoisotopic (exact) mass is 387 g/mol. The fraction of sp³-hybridized carbons (Fsp3) is 0.304. The third-order valence-corrected chi connectivity index (χ3v) is 5.24. The fourth-order valence-corrected chi connectivity index (χ4v) is 3.45. The number of hydrogen-bond donors (Lipinski definition) is 2. The summed E-state index contributed by atoms with van der Waals surface area (Å²) in [6, 6.07) is 15.7. The van der Waals surface area contributed by atoms with Crippen LogP contribution in [0.15, 0.2) is 48.5 Å². The number of H-pyrrole nitrogens is 1. The van der Waals surface area contributed by atoms with Gasteiger partial charge in [-0.2, -0.15) is 15.4 Å². The van der Waals surface area contributed by atoms with E-state index in [1.165, 1.54) is 5.56 Å². The van der Waals surface area contributed by atoms with Crippen molar-refractivity contribution in [2.45, 2.75) is 45.6 Å². The number of nitrogens with one attached hydrogen (secondary N) is 2. The first-order valence-electron chi connectivity index (χ1n) is 9.88. The van der Waals surface area contributed by atoms with Crippen molar-refractivity contribution in [2.75, 3.05) is 0 Å². The highest BCUT2D eigenvalue weighted by atomic mass is 16.1. The quantitative estimate of drug-likeness (QED) is 0.532. The van der Waals surface area contributed by atoms with E-state index in [9.17, 15) is 4.79 Å². The molecule has 0 aliphatic carbocycles. The maximum atomic E-state index is 12.9. The van der Waals surface area contributed by atoms with Gasteiger partial charge in [-0.15, -0.1) is 0 Å². The molecule has 0 aliphatic heterocycles. The van der Waals surface area contributed by atoms with Gasteiger partial charge in [0, 0.05) is 5.39 Å². The number of benzene rings is 2. The highest BCUT2D eigenvalue weighted by molar-refractivity contribution is 5.95. The van der Waals surface area contributed by atoms with E-state index in [1.807, 2.05) is 37.3 Å². The van der Waals surface area contributed by atoms with E-state index in [0.717, 1.165) is 33.9 Å². The second-order valence-corrected chi connectivity index (χ2v) is 8.36. The Morgan fingerprint density at radius 2 is 1.76 bits per heavy atom.